The Morgan fingerprint density at radius 1 is 1.25 bits per heavy atom. The van der Waals surface area contributed by atoms with Crippen LogP contribution in [0, 0.1) is 6.92 Å². The number of hydrogen-bond donors (Lipinski definition) is 2. The molecule has 0 radical (unpaired) electrons. The summed E-state index contributed by atoms with van der Waals surface area (Å²) >= 11 is 0. The van der Waals surface area contributed by atoms with Gasteiger partial charge in [0.15, 0.2) is 5.03 Å². The van der Waals surface area contributed by atoms with Gasteiger partial charge in [0.1, 0.15) is 0 Å². The van der Waals surface area contributed by atoms with Crippen LogP contribution in [-0.2, 0) is 10.0 Å². The smallest absolute Gasteiger partial charge is 0.278 e. The van der Waals surface area contributed by atoms with Crippen molar-refractivity contribution in [3.8, 4) is 0 Å². The highest BCUT2D eigenvalue weighted by atomic mass is 32.2. The molecule has 1 aromatic carbocycles. The molecule has 6 nitrogen and oxygen atoms in total. The van der Waals surface area contributed by atoms with Crippen molar-refractivity contribution in [1.29, 1.82) is 0 Å². The predicted octanol–water partition coefficient (Wildman–Crippen LogP) is 2.07. The average molecular weight is 288 g/mol. The van der Waals surface area contributed by atoms with Gasteiger partial charge in [0.2, 0.25) is 0 Å². The van der Waals surface area contributed by atoms with Crippen molar-refractivity contribution < 1.29 is 8.42 Å². The third kappa shape index (κ3) is 2.12. The van der Waals surface area contributed by atoms with Crippen molar-refractivity contribution in [2.75, 3.05) is 4.72 Å². The molecule has 2 aromatic heterocycles. The van der Waals surface area contributed by atoms with E-state index in [9.17, 15) is 8.42 Å². The lowest BCUT2D eigenvalue weighted by molar-refractivity contribution is 0.598. The van der Waals surface area contributed by atoms with Gasteiger partial charge >= 0.3 is 0 Å². The molecule has 0 atom stereocenters. The van der Waals surface area contributed by atoms with Gasteiger partial charge in [0.05, 0.1) is 23.7 Å². The number of aromatic nitrogens is 3. The standard InChI is InChI=1S/C13H12N4O2S/c1-9-4-5-11(10-3-2-6-15-13(9)10)17-20(18,19)12-7-14-8-16-12/h2-8,17H,1H3,(H,14,16). The highest BCUT2D eigenvalue weighted by molar-refractivity contribution is 7.92. The number of sulfonamides is 1. The number of imidazole rings is 1. The molecule has 3 aromatic rings. The van der Waals surface area contributed by atoms with Crippen molar-refractivity contribution in [3.63, 3.8) is 0 Å². The Bertz CT molecular complexity index is 857. The summed E-state index contributed by atoms with van der Waals surface area (Å²) in [5.74, 6) is 0. The van der Waals surface area contributed by atoms with Crippen molar-refractivity contribution in [1.82, 2.24) is 15.0 Å². The number of nitrogens with one attached hydrogen (secondary N) is 2. The fourth-order valence-corrected chi connectivity index (χ4v) is 2.98. The van der Waals surface area contributed by atoms with Crippen LogP contribution in [0.15, 0.2) is 48.0 Å². The minimum Gasteiger partial charge on any atom is -0.334 e. The van der Waals surface area contributed by atoms with Crippen LogP contribution in [0.4, 0.5) is 5.69 Å². The third-order valence-corrected chi connectivity index (χ3v) is 4.27. The van der Waals surface area contributed by atoms with Crippen molar-refractivity contribution in [3.05, 3.63) is 48.5 Å². The van der Waals surface area contributed by atoms with Gasteiger partial charge in [0.25, 0.3) is 10.0 Å². The van der Waals surface area contributed by atoms with E-state index in [4.69, 9.17) is 0 Å². The molecule has 0 aliphatic carbocycles. The summed E-state index contributed by atoms with van der Waals surface area (Å²) in [6.07, 6.45) is 4.27. The Morgan fingerprint density at radius 3 is 2.85 bits per heavy atom. The zero-order chi connectivity index (χ0) is 14.2. The first-order chi connectivity index (χ1) is 9.58. The number of aryl methyl sites for hydroxylation is 1. The van der Waals surface area contributed by atoms with Crippen molar-refractivity contribution in [2.24, 2.45) is 0 Å². The molecule has 0 spiro atoms. The second kappa shape index (κ2) is 4.61. The number of hydrogen-bond acceptors (Lipinski definition) is 4. The molecule has 0 fully saturated rings. The normalized spacial score (nSPS) is 11.7. The molecule has 2 heterocycles. The Hall–Kier alpha value is -2.41. The molecule has 0 saturated carbocycles. The summed E-state index contributed by atoms with van der Waals surface area (Å²) in [5, 5.41) is 0.783. The molecule has 0 amide bonds. The van der Waals surface area contributed by atoms with Gasteiger partial charge in [-0.1, -0.05) is 6.07 Å². The number of nitrogens with zero attached hydrogens (tertiary/aromatic N) is 2. The quantitative estimate of drug-likeness (QED) is 0.772. The summed E-state index contributed by atoms with van der Waals surface area (Å²) in [7, 11) is -3.67. The number of benzene rings is 1. The average Bonchev–Trinajstić information content (AvgIpc) is 2.97. The number of fused-ring (bicyclic) bond motifs is 1. The van der Waals surface area contributed by atoms with Gasteiger partial charge in [-0.25, -0.2) is 4.98 Å². The zero-order valence-electron chi connectivity index (χ0n) is 10.7. The van der Waals surface area contributed by atoms with Crippen LogP contribution in [0.2, 0.25) is 0 Å². The van der Waals surface area contributed by atoms with Gasteiger partial charge in [-0.3, -0.25) is 9.71 Å². The van der Waals surface area contributed by atoms with Crippen LogP contribution in [0.25, 0.3) is 10.9 Å². The molecule has 7 heteroatoms. The molecule has 3 rings (SSSR count). The molecule has 0 aliphatic rings. The molecule has 20 heavy (non-hydrogen) atoms. The fraction of sp³-hybridized carbons (Fsp3) is 0.0769. The van der Waals surface area contributed by atoms with E-state index >= 15 is 0 Å². The summed E-state index contributed by atoms with van der Waals surface area (Å²) in [6.45, 7) is 1.93. The molecular weight excluding hydrogens is 276 g/mol. The lowest BCUT2D eigenvalue weighted by Gasteiger charge is -2.10. The highest BCUT2D eigenvalue weighted by Crippen LogP contribution is 2.26. The van der Waals surface area contributed by atoms with Gasteiger partial charge < -0.3 is 4.98 Å². The SMILES string of the molecule is Cc1ccc(NS(=O)(=O)c2cnc[nH]2)c2cccnc12. The van der Waals surface area contributed by atoms with Crippen molar-refractivity contribution >= 4 is 26.6 Å². The van der Waals surface area contributed by atoms with E-state index in [1.54, 1.807) is 18.3 Å². The number of rotatable bonds is 3. The molecule has 0 saturated heterocycles. The minimum atomic E-state index is -3.67. The van der Waals surface area contributed by atoms with Gasteiger partial charge in [-0.2, -0.15) is 8.42 Å². The number of H-pyrrole nitrogens is 1. The number of aromatic amines is 1. The lowest BCUT2D eigenvalue weighted by atomic mass is 10.1. The monoisotopic (exact) mass is 288 g/mol. The van der Waals surface area contributed by atoms with E-state index in [0.29, 0.717) is 5.69 Å². The second-order valence-corrected chi connectivity index (χ2v) is 6.00. The molecule has 0 aliphatic heterocycles. The number of pyridine rings is 1. The maximum atomic E-state index is 12.2. The molecule has 0 unspecified atom stereocenters. The Morgan fingerprint density at radius 2 is 2.10 bits per heavy atom. The van der Waals surface area contributed by atoms with E-state index in [2.05, 4.69) is 19.7 Å². The Kier molecular flexibility index (Phi) is 2.90. The van der Waals surface area contributed by atoms with E-state index in [1.807, 2.05) is 19.1 Å². The first-order valence-corrected chi connectivity index (χ1v) is 7.42. The first-order valence-electron chi connectivity index (χ1n) is 5.93. The Balaban J connectivity index is 2.11. The molecular formula is C13H12N4O2S. The van der Waals surface area contributed by atoms with Gasteiger partial charge in [0, 0.05) is 11.6 Å². The lowest BCUT2D eigenvalue weighted by Crippen LogP contribution is -2.13. The fourth-order valence-electron chi connectivity index (χ4n) is 1.99. The van der Waals surface area contributed by atoms with Crippen molar-refractivity contribution in [2.45, 2.75) is 11.9 Å². The van der Waals surface area contributed by atoms with Crippen LogP contribution in [-0.4, -0.2) is 23.4 Å². The van der Waals surface area contributed by atoms with Gasteiger partial charge in [-0.15, -0.1) is 0 Å². The maximum Gasteiger partial charge on any atom is 0.278 e. The zero-order valence-corrected chi connectivity index (χ0v) is 11.5. The van der Waals surface area contributed by atoms with Crippen LogP contribution in [0.3, 0.4) is 0 Å². The summed E-state index contributed by atoms with van der Waals surface area (Å²) in [4.78, 5) is 10.6. The topological polar surface area (TPSA) is 87.7 Å². The van der Waals surface area contributed by atoms with E-state index in [-0.39, 0.29) is 5.03 Å². The summed E-state index contributed by atoms with van der Waals surface area (Å²) in [5.41, 5.74) is 2.26. The molecule has 2 N–H and O–H groups in total. The van der Waals surface area contributed by atoms with Crippen LogP contribution in [0.5, 0.6) is 0 Å². The Labute approximate surface area is 115 Å². The minimum absolute atomic E-state index is 0.0233. The van der Waals surface area contributed by atoms with E-state index in [1.165, 1.54) is 12.5 Å². The molecule has 0 bridgehead atoms. The summed E-state index contributed by atoms with van der Waals surface area (Å²) in [6, 6.07) is 7.17. The van der Waals surface area contributed by atoms with Gasteiger partial charge in [-0.05, 0) is 30.7 Å². The number of anilines is 1. The van der Waals surface area contributed by atoms with E-state index in [0.717, 1.165) is 16.5 Å². The highest BCUT2D eigenvalue weighted by Gasteiger charge is 2.17. The second-order valence-electron chi connectivity index (χ2n) is 4.35. The van der Waals surface area contributed by atoms with Crippen LogP contribution < -0.4 is 4.72 Å². The van der Waals surface area contributed by atoms with E-state index < -0.39 is 10.0 Å². The van der Waals surface area contributed by atoms with Crippen LogP contribution >= 0.6 is 0 Å². The predicted molar refractivity (Wildman–Crippen MR) is 75.9 cm³/mol. The third-order valence-electron chi connectivity index (χ3n) is 2.98. The summed E-state index contributed by atoms with van der Waals surface area (Å²) < 4.78 is 26.9. The molecule has 102 valence electrons. The maximum absolute atomic E-state index is 12.2. The van der Waals surface area contributed by atoms with Crippen LogP contribution in [0.1, 0.15) is 5.56 Å². The largest absolute Gasteiger partial charge is 0.334 e. The first kappa shape index (κ1) is 12.6.